The SMILES string of the molecule is CCCCN(CC)Cc1ccc(-c2nc(SC)[nH]c(=O)c2C#N)cc1. The maximum atomic E-state index is 12.0. The number of hydrogen-bond acceptors (Lipinski definition) is 5. The van der Waals surface area contributed by atoms with Crippen LogP contribution in [-0.2, 0) is 6.54 Å². The van der Waals surface area contributed by atoms with E-state index in [0.717, 1.165) is 25.2 Å². The molecular weight excluding hydrogens is 332 g/mol. The maximum absolute atomic E-state index is 12.0. The lowest BCUT2D eigenvalue weighted by atomic mass is 10.1. The maximum Gasteiger partial charge on any atom is 0.270 e. The van der Waals surface area contributed by atoms with E-state index in [0.29, 0.717) is 10.9 Å². The highest BCUT2D eigenvalue weighted by Crippen LogP contribution is 2.22. The second-order valence-electron chi connectivity index (χ2n) is 5.83. The van der Waals surface area contributed by atoms with Crippen LogP contribution in [0, 0.1) is 11.3 Å². The highest BCUT2D eigenvalue weighted by atomic mass is 32.2. The molecule has 2 aromatic rings. The van der Waals surface area contributed by atoms with E-state index in [-0.39, 0.29) is 5.56 Å². The first-order chi connectivity index (χ1) is 12.1. The summed E-state index contributed by atoms with van der Waals surface area (Å²) in [6, 6.07) is 9.95. The van der Waals surface area contributed by atoms with Crippen LogP contribution in [0.15, 0.2) is 34.2 Å². The molecule has 132 valence electrons. The second kappa shape index (κ2) is 9.40. The zero-order valence-electron chi connectivity index (χ0n) is 15.0. The van der Waals surface area contributed by atoms with E-state index >= 15 is 0 Å². The summed E-state index contributed by atoms with van der Waals surface area (Å²) in [6.07, 6.45) is 4.23. The van der Waals surface area contributed by atoms with Gasteiger partial charge >= 0.3 is 0 Å². The van der Waals surface area contributed by atoms with Gasteiger partial charge in [0.2, 0.25) is 0 Å². The highest BCUT2D eigenvalue weighted by molar-refractivity contribution is 7.98. The molecule has 1 N–H and O–H groups in total. The van der Waals surface area contributed by atoms with Crippen LogP contribution in [0.3, 0.4) is 0 Å². The van der Waals surface area contributed by atoms with E-state index in [1.165, 1.54) is 30.2 Å². The molecule has 0 aliphatic heterocycles. The summed E-state index contributed by atoms with van der Waals surface area (Å²) in [5, 5.41) is 9.80. The summed E-state index contributed by atoms with van der Waals surface area (Å²) < 4.78 is 0. The lowest BCUT2D eigenvalue weighted by Gasteiger charge is -2.20. The van der Waals surface area contributed by atoms with Gasteiger partial charge in [-0.1, -0.05) is 56.3 Å². The number of aromatic amines is 1. The minimum atomic E-state index is -0.391. The molecule has 2 rings (SSSR count). The van der Waals surface area contributed by atoms with Gasteiger partial charge in [-0.2, -0.15) is 5.26 Å². The normalized spacial score (nSPS) is 10.8. The number of benzene rings is 1. The predicted octanol–water partition coefficient (Wildman–Crippen LogP) is 3.65. The Labute approximate surface area is 153 Å². The Kier molecular flexibility index (Phi) is 7.23. The van der Waals surface area contributed by atoms with E-state index < -0.39 is 5.56 Å². The summed E-state index contributed by atoms with van der Waals surface area (Å²) in [5.74, 6) is 0. The number of nitriles is 1. The monoisotopic (exact) mass is 356 g/mol. The number of rotatable bonds is 8. The van der Waals surface area contributed by atoms with Crippen molar-refractivity contribution in [2.24, 2.45) is 0 Å². The first-order valence-electron chi connectivity index (χ1n) is 8.53. The molecule has 0 atom stereocenters. The molecule has 25 heavy (non-hydrogen) atoms. The largest absolute Gasteiger partial charge is 0.300 e. The lowest BCUT2D eigenvalue weighted by Crippen LogP contribution is -2.23. The van der Waals surface area contributed by atoms with Gasteiger partial charge in [-0.25, -0.2) is 4.98 Å². The molecule has 0 saturated heterocycles. The molecule has 1 aromatic carbocycles. The van der Waals surface area contributed by atoms with Crippen LogP contribution in [0.4, 0.5) is 0 Å². The Hall–Kier alpha value is -2.10. The van der Waals surface area contributed by atoms with Crippen molar-refractivity contribution in [1.82, 2.24) is 14.9 Å². The molecule has 1 aromatic heterocycles. The van der Waals surface area contributed by atoms with E-state index in [1.54, 1.807) is 0 Å². The summed E-state index contributed by atoms with van der Waals surface area (Å²) in [6.45, 7) is 7.40. The topological polar surface area (TPSA) is 72.8 Å². The fraction of sp³-hybridized carbons (Fsp3) is 0.421. The van der Waals surface area contributed by atoms with Crippen LogP contribution in [0.1, 0.15) is 37.8 Å². The van der Waals surface area contributed by atoms with E-state index in [1.807, 2.05) is 36.6 Å². The Morgan fingerprint density at radius 3 is 2.56 bits per heavy atom. The molecule has 0 spiro atoms. The first-order valence-corrected chi connectivity index (χ1v) is 9.75. The number of hydrogen-bond donors (Lipinski definition) is 1. The molecule has 0 amide bonds. The molecule has 0 saturated carbocycles. The van der Waals surface area contributed by atoms with E-state index in [9.17, 15) is 10.1 Å². The van der Waals surface area contributed by atoms with Crippen molar-refractivity contribution < 1.29 is 0 Å². The fourth-order valence-electron chi connectivity index (χ4n) is 2.62. The Morgan fingerprint density at radius 1 is 1.28 bits per heavy atom. The van der Waals surface area contributed by atoms with Crippen molar-refractivity contribution >= 4 is 11.8 Å². The van der Waals surface area contributed by atoms with Gasteiger partial charge in [0.05, 0.1) is 5.69 Å². The standard InChI is InChI=1S/C19H24N4OS/c1-4-6-11-23(5-2)13-14-7-9-15(10-8-14)17-16(12-20)18(24)22-19(21-17)25-3/h7-10H,4-6,11,13H2,1-3H3,(H,21,22,24). The smallest absolute Gasteiger partial charge is 0.270 e. The van der Waals surface area contributed by atoms with E-state index in [4.69, 9.17) is 0 Å². The molecule has 0 radical (unpaired) electrons. The first kappa shape index (κ1) is 19.2. The van der Waals surface area contributed by atoms with E-state index in [2.05, 4.69) is 28.7 Å². The quantitative estimate of drug-likeness (QED) is 0.577. The molecule has 6 heteroatoms. The number of H-pyrrole nitrogens is 1. The average molecular weight is 356 g/mol. The lowest BCUT2D eigenvalue weighted by molar-refractivity contribution is 0.275. The van der Waals surface area contributed by atoms with Gasteiger partial charge < -0.3 is 4.98 Å². The molecule has 0 fully saturated rings. The molecule has 5 nitrogen and oxygen atoms in total. The van der Waals surface area contributed by atoms with Gasteiger partial charge in [0.25, 0.3) is 5.56 Å². The van der Waals surface area contributed by atoms with Crippen molar-refractivity contribution in [3.63, 3.8) is 0 Å². The number of aromatic nitrogens is 2. The average Bonchev–Trinajstić information content (AvgIpc) is 2.64. The van der Waals surface area contributed by atoms with Crippen LogP contribution in [0.2, 0.25) is 0 Å². The third kappa shape index (κ3) is 4.94. The van der Waals surface area contributed by atoms with Gasteiger partial charge in [0.1, 0.15) is 11.6 Å². The van der Waals surface area contributed by atoms with Crippen LogP contribution >= 0.6 is 11.8 Å². The van der Waals surface area contributed by atoms with Crippen molar-refractivity contribution in [1.29, 1.82) is 5.26 Å². The summed E-state index contributed by atoms with van der Waals surface area (Å²) in [5.41, 5.74) is 2.12. The molecule has 0 bridgehead atoms. The van der Waals surface area contributed by atoms with Crippen molar-refractivity contribution in [2.45, 2.75) is 38.4 Å². The van der Waals surface area contributed by atoms with Crippen LogP contribution in [-0.4, -0.2) is 34.2 Å². The number of unbranched alkanes of at least 4 members (excludes halogenated alkanes) is 1. The molecule has 0 aliphatic carbocycles. The fourth-order valence-corrected chi connectivity index (χ4v) is 3.00. The van der Waals surface area contributed by atoms with Gasteiger partial charge in [0.15, 0.2) is 5.16 Å². The molecular formula is C19H24N4OS. The summed E-state index contributed by atoms with van der Waals surface area (Å²) in [7, 11) is 0. The van der Waals surface area contributed by atoms with Gasteiger partial charge in [0, 0.05) is 12.1 Å². The van der Waals surface area contributed by atoms with Crippen LogP contribution in [0.25, 0.3) is 11.3 Å². The molecule has 0 aliphatic rings. The second-order valence-corrected chi connectivity index (χ2v) is 6.62. The zero-order chi connectivity index (χ0) is 18.2. The highest BCUT2D eigenvalue weighted by Gasteiger charge is 2.13. The number of thioether (sulfide) groups is 1. The number of nitrogens with zero attached hydrogens (tertiary/aromatic N) is 3. The van der Waals surface area contributed by atoms with Crippen LogP contribution in [0.5, 0.6) is 0 Å². The summed E-state index contributed by atoms with van der Waals surface area (Å²) >= 11 is 1.35. The molecule has 1 heterocycles. The minimum Gasteiger partial charge on any atom is -0.300 e. The zero-order valence-corrected chi connectivity index (χ0v) is 15.8. The van der Waals surface area contributed by atoms with Gasteiger partial charge in [-0.3, -0.25) is 9.69 Å². The minimum absolute atomic E-state index is 0.0590. The van der Waals surface area contributed by atoms with Gasteiger partial charge in [-0.05, 0) is 31.3 Å². The third-order valence-electron chi connectivity index (χ3n) is 4.11. The Balaban J connectivity index is 2.27. The Bertz CT molecular complexity index is 793. The number of nitrogens with one attached hydrogen (secondary N) is 1. The third-order valence-corrected chi connectivity index (χ3v) is 4.69. The summed E-state index contributed by atoms with van der Waals surface area (Å²) in [4.78, 5) is 21.5. The van der Waals surface area contributed by atoms with Gasteiger partial charge in [-0.15, -0.1) is 0 Å². The van der Waals surface area contributed by atoms with Crippen LogP contribution < -0.4 is 5.56 Å². The van der Waals surface area contributed by atoms with Crippen molar-refractivity contribution in [3.8, 4) is 17.3 Å². The van der Waals surface area contributed by atoms with Crippen molar-refractivity contribution in [2.75, 3.05) is 19.3 Å². The predicted molar refractivity (Wildman–Crippen MR) is 103 cm³/mol. The molecule has 0 unspecified atom stereocenters. The Morgan fingerprint density at radius 2 is 2.00 bits per heavy atom. The van der Waals surface area contributed by atoms with Crippen molar-refractivity contribution in [3.05, 3.63) is 45.7 Å².